The predicted octanol–water partition coefficient (Wildman–Crippen LogP) is -0.828. The number of carbonyl (C=O) groups excluding carboxylic acids is 2. The molecule has 1 unspecified atom stereocenters. The molecule has 0 aromatic heterocycles. The van der Waals surface area contributed by atoms with E-state index in [1.165, 1.54) is 7.11 Å². The molecule has 92 valence electrons. The molecule has 16 heavy (non-hydrogen) atoms. The van der Waals surface area contributed by atoms with Gasteiger partial charge in [0.2, 0.25) is 5.91 Å². The van der Waals surface area contributed by atoms with E-state index in [9.17, 15) is 9.59 Å². The van der Waals surface area contributed by atoms with E-state index in [0.717, 1.165) is 0 Å². The topological polar surface area (TPSA) is 90.7 Å². The number of ether oxygens (including phenoxy) is 2. The van der Waals surface area contributed by atoms with E-state index in [2.05, 4.69) is 10.1 Å². The van der Waals surface area contributed by atoms with E-state index in [1.54, 1.807) is 13.8 Å². The summed E-state index contributed by atoms with van der Waals surface area (Å²) in [7, 11) is 1.27. The average Bonchev–Trinajstić information content (AvgIpc) is 2.64. The van der Waals surface area contributed by atoms with Crippen LogP contribution in [-0.2, 0) is 19.1 Å². The molecule has 1 aliphatic heterocycles. The third kappa shape index (κ3) is 2.51. The standard InChI is InChI=1S/C10H18N2O4/c1-9(2,8(14)15-3)12-7(13)10(11)4-5-16-6-10/h4-6,11H2,1-3H3,(H,12,13). The number of rotatable bonds is 3. The zero-order valence-corrected chi connectivity index (χ0v) is 9.83. The van der Waals surface area contributed by atoms with Crippen LogP contribution in [0.2, 0.25) is 0 Å². The number of methoxy groups -OCH3 is 1. The van der Waals surface area contributed by atoms with Gasteiger partial charge in [0.05, 0.1) is 13.7 Å². The quantitative estimate of drug-likeness (QED) is 0.618. The molecule has 1 heterocycles. The van der Waals surface area contributed by atoms with Crippen LogP contribution in [0.4, 0.5) is 0 Å². The Bertz CT molecular complexity index is 295. The number of nitrogens with two attached hydrogens (primary N) is 1. The Morgan fingerprint density at radius 1 is 1.50 bits per heavy atom. The van der Waals surface area contributed by atoms with Crippen molar-refractivity contribution in [2.75, 3.05) is 20.3 Å². The fraction of sp³-hybridized carbons (Fsp3) is 0.800. The highest BCUT2D eigenvalue weighted by molar-refractivity contribution is 5.92. The maximum atomic E-state index is 11.9. The summed E-state index contributed by atoms with van der Waals surface area (Å²) in [5, 5.41) is 2.57. The maximum absolute atomic E-state index is 11.9. The van der Waals surface area contributed by atoms with Crippen LogP contribution in [-0.4, -0.2) is 43.3 Å². The lowest BCUT2D eigenvalue weighted by molar-refractivity contribution is -0.150. The zero-order chi connectivity index (χ0) is 12.4. The second-order valence-electron chi connectivity index (χ2n) is 4.53. The molecule has 0 aliphatic carbocycles. The van der Waals surface area contributed by atoms with Crippen molar-refractivity contribution in [3.8, 4) is 0 Å². The summed E-state index contributed by atoms with van der Waals surface area (Å²) >= 11 is 0. The van der Waals surface area contributed by atoms with Gasteiger partial charge in [0.15, 0.2) is 0 Å². The third-order valence-corrected chi connectivity index (χ3v) is 2.63. The summed E-state index contributed by atoms with van der Waals surface area (Å²) in [6, 6.07) is 0. The largest absolute Gasteiger partial charge is 0.467 e. The minimum atomic E-state index is -1.08. The van der Waals surface area contributed by atoms with Gasteiger partial charge in [0.1, 0.15) is 11.1 Å². The van der Waals surface area contributed by atoms with Crippen LogP contribution in [0.5, 0.6) is 0 Å². The van der Waals surface area contributed by atoms with Crippen molar-refractivity contribution < 1.29 is 19.1 Å². The van der Waals surface area contributed by atoms with Crippen LogP contribution in [0.1, 0.15) is 20.3 Å². The molecule has 1 aliphatic rings. The number of hydrogen-bond acceptors (Lipinski definition) is 5. The van der Waals surface area contributed by atoms with Crippen LogP contribution < -0.4 is 11.1 Å². The molecule has 0 aromatic rings. The molecular weight excluding hydrogens is 212 g/mol. The SMILES string of the molecule is COC(=O)C(C)(C)NC(=O)C1(N)CCOC1. The summed E-state index contributed by atoms with van der Waals surface area (Å²) in [5.74, 6) is -0.899. The summed E-state index contributed by atoms with van der Waals surface area (Å²) in [6.45, 7) is 3.77. The van der Waals surface area contributed by atoms with E-state index >= 15 is 0 Å². The molecule has 1 fully saturated rings. The zero-order valence-electron chi connectivity index (χ0n) is 9.83. The number of esters is 1. The fourth-order valence-electron chi connectivity index (χ4n) is 1.47. The highest BCUT2D eigenvalue weighted by Crippen LogP contribution is 2.17. The maximum Gasteiger partial charge on any atom is 0.330 e. The Labute approximate surface area is 94.5 Å². The Morgan fingerprint density at radius 3 is 2.56 bits per heavy atom. The predicted molar refractivity (Wildman–Crippen MR) is 56.6 cm³/mol. The van der Waals surface area contributed by atoms with Gasteiger partial charge in [-0.1, -0.05) is 0 Å². The Hall–Kier alpha value is -1.14. The first-order valence-corrected chi connectivity index (χ1v) is 5.09. The highest BCUT2D eigenvalue weighted by Gasteiger charge is 2.42. The van der Waals surface area contributed by atoms with E-state index in [-0.39, 0.29) is 12.5 Å². The Balaban J connectivity index is 2.66. The van der Waals surface area contributed by atoms with Crippen molar-refractivity contribution in [2.24, 2.45) is 5.73 Å². The van der Waals surface area contributed by atoms with Crippen LogP contribution in [0.3, 0.4) is 0 Å². The third-order valence-electron chi connectivity index (χ3n) is 2.63. The van der Waals surface area contributed by atoms with Gasteiger partial charge in [-0.2, -0.15) is 0 Å². The van der Waals surface area contributed by atoms with Crippen molar-refractivity contribution in [3.05, 3.63) is 0 Å². The van der Waals surface area contributed by atoms with Gasteiger partial charge in [-0.05, 0) is 20.3 Å². The van der Waals surface area contributed by atoms with E-state index in [1.807, 2.05) is 0 Å². The summed E-state index contributed by atoms with van der Waals surface area (Å²) in [6.07, 6.45) is 0.454. The molecule has 0 radical (unpaired) electrons. The molecule has 1 atom stereocenters. The van der Waals surface area contributed by atoms with E-state index in [0.29, 0.717) is 13.0 Å². The monoisotopic (exact) mass is 230 g/mol. The molecule has 3 N–H and O–H groups in total. The number of carbonyl (C=O) groups is 2. The Kier molecular flexibility index (Phi) is 3.54. The molecule has 6 heteroatoms. The molecule has 0 bridgehead atoms. The molecule has 0 aromatic carbocycles. The number of amides is 1. The van der Waals surface area contributed by atoms with Crippen molar-refractivity contribution in [3.63, 3.8) is 0 Å². The van der Waals surface area contributed by atoms with Crippen molar-refractivity contribution in [1.29, 1.82) is 0 Å². The first kappa shape index (κ1) is 12.9. The van der Waals surface area contributed by atoms with Crippen LogP contribution in [0, 0.1) is 0 Å². The Morgan fingerprint density at radius 2 is 2.12 bits per heavy atom. The molecule has 1 rings (SSSR count). The second-order valence-corrected chi connectivity index (χ2v) is 4.53. The number of nitrogens with one attached hydrogen (secondary N) is 1. The second kappa shape index (κ2) is 4.39. The fourth-order valence-corrected chi connectivity index (χ4v) is 1.47. The van der Waals surface area contributed by atoms with E-state index < -0.39 is 17.0 Å². The van der Waals surface area contributed by atoms with Gasteiger partial charge < -0.3 is 20.5 Å². The van der Waals surface area contributed by atoms with Gasteiger partial charge in [0.25, 0.3) is 0 Å². The van der Waals surface area contributed by atoms with Crippen LogP contribution in [0.25, 0.3) is 0 Å². The van der Waals surface area contributed by atoms with Gasteiger partial charge in [-0.25, -0.2) is 4.79 Å². The smallest absolute Gasteiger partial charge is 0.330 e. The summed E-state index contributed by atoms with van der Waals surface area (Å²) < 4.78 is 9.67. The molecule has 1 saturated heterocycles. The van der Waals surface area contributed by atoms with Gasteiger partial charge >= 0.3 is 5.97 Å². The van der Waals surface area contributed by atoms with Crippen molar-refractivity contribution >= 4 is 11.9 Å². The van der Waals surface area contributed by atoms with Crippen LogP contribution in [0.15, 0.2) is 0 Å². The molecule has 1 amide bonds. The normalized spacial score (nSPS) is 25.2. The van der Waals surface area contributed by atoms with Gasteiger partial charge in [0, 0.05) is 6.61 Å². The minimum Gasteiger partial charge on any atom is -0.467 e. The summed E-state index contributed by atoms with van der Waals surface area (Å²) in [4.78, 5) is 23.3. The van der Waals surface area contributed by atoms with Crippen molar-refractivity contribution in [2.45, 2.75) is 31.3 Å². The lowest BCUT2D eigenvalue weighted by atomic mass is 9.96. The highest BCUT2D eigenvalue weighted by atomic mass is 16.5. The van der Waals surface area contributed by atoms with Gasteiger partial charge in [-0.3, -0.25) is 4.79 Å². The lowest BCUT2D eigenvalue weighted by Crippen LogP contribution is -2.61. The summed E-state index contributed by atoms with van der Waals surface area (Å²) in [5.41, 5.74) is 3.74. The van der Waals surface area contributed by atoms with Gasteiger partial charge in [-0.15, -0.1) is 0 Å². The molecule has 0 spiro atoms. The lowest BCUT2D eigenvalue weighted by Gasteiger charge is -2.28. The molecule has 0 saturated carbocycles. The molecular formula is C10H18N2O4. The van der Waals surface area contributed by atoms with Crippen LogP contribution >= 0.6 is 0 Å². The minimum absolute atomic E-state index is 0.177. The average molecular weight is 230 g/mol. The number of hydrogen-bond donors (Lipinski definition) is 2. The first-order chi connectivity index (χ1) is 7.32. The first-order valence-electron chi connectivity index (χ1n) is 5.09. The molecule has 6 nitrogen and oxygen atoms in total. The van der Waals surface area contributed by atoms with Crippen molar-refractivity contribution in [1.82, 2.24) is 5.32 Å². The van der Waals surface area contributed by atoms with E-state index in [4.69, 9.17) is 10.5 Å².